The first-order valence-corrected chi connectivity index (χ1v) is 13.7. The highest BCUT2D eigenvalue weighted by molar-refractivity contribution is 5.89. The van der Waals surface area contributed by atoms with E-state index in [1.165, 1.54) is 18.6 Å². The fourth-order valence-electron chi connectivity index (χ4n) is 5.68. The average molecular weight is 526 g/mol. The summed E-state index contributed by atoms with van der Waals surface area (Å²) in [4.78, 5) is 32.8. The van der Waals surface area contributed by atoms with Crippen molar-refractivity contribution >= 4 is 22.5 Å². The summed E-state index contributed by atoms with van der Waals surface area (Å²) in [6.45, 7) is 2.33. The van der Waals surface area contributed by atoms with E-state index in [-0.39, 0.29) is 17.6 Å². The molecule has 2 atom stereocenters. The predicted octanol–water partition coefficient (Wildman–Crippen LogP) is 6.00. The third-order valence-electron chi connectivity index (χ3n) is 7.96. The summed E-state index contributed by atoms with van der Waals surface area (Å²) in [5, 5.41) is 19.1. The van der Waals surface area contributed by atoms with E-state index in [0.29, 0.717) is 18.9 Å². The van der Waals surface area contributed by atoms with Crippen molar-refractivity contribution in [3.63, 3.8) is 0 Å². The molecule has 0 aliphatic heterocycles. The number of para-hydroxylation sites is 1. The zero-order valence-corrected chi connectivity index (χ0v) is 22.2. The number of hydrogen-bond donors (Lipinski definition) is 3. The quantitative estimate of drug-likeness (QED) is 0.174. The number of carbonyl (C=O) groups is 1. The number of H-pyrrole nitrogens is 1. The number of nitro benzene ring substituents is 1. The maximum absolute atomic E-state index is 14.2. The van der Waals surface area contributed by atoms with E-state index < -0.39 is 10.5 Å². The number of aromatic nitrogens is 2. The number of benzene rings is 2. The zero-order valence-electron chi connectivity index (χ0n) is 22.2. The van der Waals surface area contributed by atoms with E-state index in [2.05, 4.69) is 26.7 Å². The van der Waals surface area contributed by atoms with Crippen molar-refractivity contribution in [2.75, 3.05) is 0 Å². The Hall–Kier alpha value is -4.04. The Kier molecular flexibility index (Phi) is 8.02. The molecule has 8 nitrogen and oxygen atoms in total. The highest BCUT2D eigenvalue weighted by Gasteiger charge is 2.37. The Labute approximate surface area is 228 Å². The number of fused-ring (bicyclic) bond motifs is 1. The molecule has 1 aliphatic carbocycles. The van der Waals surface area contributed by atoms with Crippen LogP contribution in [0, 0.1) is 16.0 Å². The molecule has 0 bridgehead atoms. The van der Waals surface area contributed by atoms with Crippen molar-refractivity contribution in [2.24, 2.45) is 5.92 Å². The molecule has 0 radical (unpaired) electrons. The van der Waals surface area contributed by atoms with Crippen molar-refractivity contribution < 1.29 is 9.72 Å². The number of carbonyl (C=O) groups excluding carboxylic acids is 1. The Balaban J connectivity index is 1.43. The van der Waals surface area contributed by atoms with Gasteiger partial charge in [-0.15, -0.1) is 0 Å². The second-order valence-corrected chi connectivity index (χ2v) is 10.7. The summed E-state index contributed by atoms with van der Waals surface area (Å²) >= 11 is 0. The van der Waals surface area contributed by atoms with Gasteiger partial charge in [-0.25, -0.2) is 0 Å². The molecule has 1 saturated carbocycles. The van der Waals surface area contributed by atoms with Gasteiger partial charge in [-0.2, -0.15) is 0 Å². The first-order valence-electron chi connectivity index (χ1n) is 13.7. The van der Waals surface area contributed by atoms with Crippen LogP contribution in [0.2, 0.25) is 0 Å². The zero-order chi connectivity index (χ0) is 27.2. The summed E-state index contributed by atoms with van der Waals surface area (Å²) in [6.07, 6.45) is 9.91. The normalized spacial score (nSPS) is 16.4. The van der Waals surface area contributed by atoms with Crippen LogP contribution in [0.15, 0.2) is 79.1 Å². The molecule has 202 valence electrons. The molecule has 0 saturated heterocycles. The van der Waals surface area contributed by atoms with Crippen LogP contribution in [0.25, 0.3) is 10.9 Å². The van der Waals surface area contributed by atoms with E-state index in [1.807, 2.05) is 49.5 Å². The SMILES string of the molecule is CC(Cc1c[nH]c2ccccc12)(NCc1ccc([N+](=O)[O-])cc1)C(=O)NC(c1ccccn1)C1CCCCC1. The maximum Gasteiger partial charge on any atom is 0.269 e. The lowest BCUT2D eigenvalue weighted by molar-refractivity contribution is -0.384. The number of non-ortho nitro benzene ring substituents is 1. The lowest BCUT2D eigenvalue weighted by atomic mass is 9.81. The van der Waals surface area contributed by atoms with Crippen LogP contribution in [-0.2, 0) is 17.8 Å². The van der Waals surface area contributed by atoms with Gasteiger partial charge < -0.3 is 10.3 Å². The van der Waals surface area contributed by atoms with Crippen LogP contribution >= 0.6 is 0 Å². The minimum Gasteiger partial charge on any atom is -0.361 e. The monoisotopic (exact) mass is 525 g/mol. The van der Waals surface area contributed by atoms with E-state index in [9.17, 15) is 14.9 Å². The van der Waals surface area contributed by atoms with Gasteiger partial charge in [0.1, 0.15) is 0 Å². The molecule has 2 unspecified atom stereocenters. The molecule has 8 heteroatoms. The van der Waals surface area contributed by atoms with Gasteiger partial charge in [-0.05, 0) is 55.0 Å². The van der Waals surface area contributed by atoms with E-state index >= 15 is 0 Å². The first-order chi connectivity index (χ1) is 18.9. The third-order valence-corrected chi connectivity index (χ3v) is 7.96. The number of amides is 1. The fourth-order valence-corrected chi connectivity index (χ4v) is 5.68. The Bertz CT molecular complexity index is 1410. The van der Waals surface area contributed by atoms with Crippen LogP contribution < -0.4 is 10.6 Å². The van der Waals surface area contributed by atoms with Crippen LogP contribution in [0.4, 0.5) is 5.69 Å². The summed E-state index contributed by atoms with van der Waals surface area (Å²) in [6, 6.07) is 20.2. The number of nitro groups is 1. The fraction of sp³-hybridized carbons (Fsp3) is 0.355. The molecule has 1 aliphatic rings. The molecule has 1 fully saturated rings. The lowest BCUT2D eigenvalue weighted by Crippen LogP contribution is -2.57. The summed E-state index contributed by atoms with van der Waals surface area (Å²) in [5.41, 5.74) is 2.93. The first kappa shape index (κ1) is 26.6. The third kappa shape index (κ3) is 6.17. The van der Waals surface area contributed by atoms with Crippen molar-refractivity contribution in [3.8, 4) is 0 Å². The molecular formula is C31H35N5O3. The van der Waals surface area contributed by atoms with Gasteiger partial charge in [-0.1, -0.05) is 55.7 Å². The Morgan fingerprint density at radius 2 is 1.82 bits per heavy atom. The minimum atomic E-state index is -0.950. The van der Waals surface area contributed by atoms with Crippen molar-refractivity contribution in [1.29, 1.82) is 0 Å². The Morgan fingerprint density at radius 3 is 2.54 bits per heavy atom. The van der Waals surface area contributed by atoms with E-state index in [0.717, 1.165) is 53.4 Å². The molecule has 4 aromatic rings. The number of nitrogens with one attached hydrogen (secondary N) is 3. The molecule has 3 N–H and O–H groups in total. The summed E-state index contributed by atoms with van der Waals surface area (Å²) < 4.78 is 0. The minimum absolute atomic E-state index is 0.0451. The molecule has 0 spiro atoms. The molecule has 2 aromatic heterocycles. The number of nitrogens with zero attached hydrogens (tertiary/aromatic N) is 2. The lowest BCUT2D eigenvalue weighted by Gasteiger charge is -2.35. The average Bonchev–Trinajstić information content (AvgIpc) is 3.38. The second-order valence-electron chi connectivity index (χ2n) is 10.7. The number of pyridine rings is 1. The smallest absolute Gasteiger partial charge is 0.269 e. The van der Waals surface area contributed by atoms with Gasteiger partial charge in [0.25, 0.3) is 5.69 Å². The van der Waals surface area contributed by atoms with Crippen LogP contribution in [0.1, 0.15) is 61.9 Å². The van der Waals surface area contributed by atoms with Crippen molar-refractivity contribution in [1.82, 2.24) is 20.6 Å². The van der Waals surface area contributed by atoms with Gasteiger partial charge >= 0.3 is 0 Å². The number of hydrogen-bond acceptors (Lipinski definition) is 5. The van der Waals surface area contributed by atoms with Gasteiger partial charge in [0, 0.05) is 48.4 Å². The molecule has 2 heterocycles. The van der Waals surface area contributed by atoms with Crippen LogP contribution in [-0.4, -0.2) is 26.3 Å². The van der Waals surface area contributed by atoms with Crippen molar-refractivity contribution in [2.45, 2.75) is 63.6 Å². The molecule has 39 heavy (non-hydrogen) atoms. The topological polar surface area (TPSA) is 113 Å². The molecule has 1 amide bonds. The van der Waals surface area contributed by atoms with Gasteiger partial charge in [0.05, 0.1) is 22.2 Å². The standard InChI is InChI=1S/C31H35N5O3/c1-31(19-24-21-33-27-12-6-5-11-26(24)27,34-20-22-14-16-25(17-15-22)36(38)39)30(37)35-29(23-9-3-2-4-10-23)28-13-7-8-18-32-28/h5-8,11-18,21,23,29,33-34H,2-4,9-10,19-20H2,1H3,(H,35,37). The van der Waals surface area contributed by atoms with Crippen LogP contribution in [0.3, 0.4) is 0 Å². The number of aromatic amines is 1. The summed E-state index contributed by atoms with van der Waals surface area (Å²) in [7, 11) is 0. The maximum atomic E-state index is 14.2. The van der Waals surface area contributed by atoms with Crippen LogP contribution in [0.5, 0.6) is 0 Å². The molecular weight excluding hydrogens is 490 g/mol. The largest absolute Gasteiger partial charge is 0.361 e. The van der Waals surface area contributed by atoms with Gasteiger partial charge in [0.2, 0.25) is 5.91 Å². The molecule has 5 rings (SSSR count). The Morgan fingerprint density at radius 1 is 1.08 bits per heavy atom. The highest BCUT2D eigenvalue weighted by Crippen LogP contribution is 2.34. The predicted molar refractivity (Wildman–Crippen MR) is 152 cm³/mol. The van der Waals surface area contributed by atoms with Gasteiger partial charge in [-0.3, -0.25) is 25.2 Å². The summed E-state index contributed by atoms with van der Waals surface area (Å²) in [5.74, 6) is 0.250. The van der Waals surface area contributed by atoms with Gasteiger partial charge in [0.15, 0.2) is 0 Å². The molecule has 2 aromatic carbocycles. The van der Waals surface area contributed by atoms with E-state index in [1.54, 1.807) is 18.3 Å². The number of rotatable bonds is 10. The van der Waals surface area contributed by atoms with E-state index in [4.69, 9.17) is 0 Å². The van der Waals surface area contributed by atoms with Crippen molar-refractivity contribution in [3.05, 3.63) is 106 Å². The highest BCUT2D eigenvalue weighted by atomic mass is 16.6. The second kappa shape index (κ2) is 11.8.